The molecule has 0 radical (unpaired) electrons. The highest BCUT2D eigenvalue weighted by molar-refractivity contribution is 6.42. The zero-order chi connectivity index (χ0) is 21.8. The smallest absolute Gasteiger partial charge is 0.238 e. The van der Waals surface area contributed by atoms with Gasteiger partial charge in [-0.05, 0) is 76.0 Å². The average molecular weight is 448 g/mol. The van der Waals surface area contributed by atoms with Crippen molar-refractivity contribution in [1.82, 2.24) is 4.90 Å². The number of hydrogen-bond donors (Lipinski definition) is 2. The molecule has 1 saturated heterocycles. The fraction of sp³-hybridized carbons (Fsp3) is 0.391. The van der Waals surface area contributed by atoms with Gasteiger partial charge in [0.2, 0.25) is 11.8 Å². The molecular weight excluding hydrogens is 421 g/mol. The normalized spacial score (nSPS) is 15.1. The van der Waals surface area contributed by atoms with Crippen LogP contribution in [-0.2, 0) is 9.59 Å². The summed E-state index contributed by atoms with van der Waals surface area (Å²) >= 11 is 11.9. The Morgan fingerprint density at radius 2 is 1.60 bits per heavy atom. The first-order chi connectivity index (χ1) is 14.2. The molecule has 1 heterocycles. The van der Waals surface area contributed by atoms with E-state index in [1.165, 1.54) is 5.56 Å². The first kappa shape index (κ1) is 22.6. The van der Waals surface area contributed by atoms with E-state index < -0.39 is 0 Å². The van der Waals surface area contributed by atoms with Gasteiger partial charge in [0.25, 0.3) is 0 Å². The summed E-state index contributed by atoms with van der Waals surface area (Å²) in [6, 6.07) is 9.17. The van der Waals surface area contributed by atoms with Crippen molar-refractivity contribution in [3.63, 3.8) is 0 Å². The molecule has 0 spiro atoms. The van der Waals surface area contributed by atoms with Crippen molar-refractivity contribution in [3.8, 4) is 0 Å². The van der Waals surface area contributed by atoms with Gasteiger partial charge in [0.15, 0.2) is 0 Å². The van der Waals surface area contributed by atoms with Crippen LogP contribution in [0.15, 0.2) is 30.3 Å². The first-order valence-electron chi connectivity index (χ1n) is 10.1. The monoisotopic (exact) mass is 447 g/mol. The van der Waals surface area contributed by atoms with Crippen LogP contribution < -0.4 is 10.6 Å². The van der Waals surface area contributed by atoms with Crippen LogP contribution in [0.3, 0.4) is 0 Å². The number of amides is 2. The van der Waals surface area contributed by atoms with Crippen LogP contribution in [0, 0.1) is 26.7 Å². The quantitative estimate of drug-likeness (QED) is 0.661. The minimum atomic E-state index is -0.109. The maximum atomic E-state index is 12.8. The molecule has 30 heavy (non-hydrogen) atoms. The molecule has 2 aromatic rings. The number of nitrogens with one attached hydrogen (secondary N) is 2. The third-order valence-corrected chi connectivity index (χ3v) is 6.19. The third-order valence-electron chi connectivity index (χ3n) is 5.45. The maximum absolute atomic E-state index is 12.8. The minimum absolute atomic E-state index is 0.0421. The zero-order valence-electron chi connectivity index (χ0n) is 17.5. The number of nitrogens with zero attached hydrogens (tertiary/aromatic N) is 1. The second-order valence-electron chi connectivity index (χ2n) is 7.99. The Morgan fingerprint density at radius 3 is 2.20 bits per heavy atom. The van der Waals surface area contributed by atoms with Crippen molar-refractivity contribution in [1.29, 1.82) is 0 Å². The van der Waals surface area contributed by atoms with E-state index in [0.29, 0.717) is 28.8 Å². The van der Waals surface area contributed by atoms with Gasteiger partial charge in [0.1, 0.15) is 0 Å². The molecular formula is C23H27Cl2N3O2. The number of aryl methyl sites for hydroxylation is 3. The second-order valence-corrected chi connectivity index (χ2v) is 8.80. The number of anilines is 2. The largest absolute Gasteiger partial charge is 0.325 e. The van der Waals surface area contributed by atoms with Crippen molar-refractivity contribution in [3.05, 3.63) is 57.1 Å². The van der Waals surface area contributed by atoms with E-state index in [2.05, 4.69) is 34.6 Å². The number of halogens is 2. The van der Waals surface area contributed by atoms with Crippen molar-refractivity contribution < 1.29 is 9.59 Å². The lowest BCUT2D eigenvalue weighted by Gasteiger charge is -2.31. The van der Waals surface area contributed by atoms with Gasteiger partial charge in [0.05, 0.1) is 16.6 Å². The van der Waals surface area contributed by atoms with Gasteiger partial charge in [-0.3, -0.25) is 14.5 Å². The van der Waals surface area contributed by atoms with Gasteiger partial charge < -0.3 is 10.6 Å². The molecule has 0 saturated carbocycles. The summed E-state index contributed by atoms with van der Waals surface area (Å²) in [5, 5.41) is 6.80. The summed E-state index contributed by atoms with van der Waals surface area (Å²) in [6.07, 6.45) is 1.46. The van der Waals surface area contributed by atoms with Gasteiger partial charge in [-0.1, -0.05) is 40.9 Å². The Morgan fingerprint density at radius 1 is 0.967 bits per heavy atom. The van der Waals surface area contributed by atoms with Gasteiger partial charge in [-0.2, -0.15) is 0 Å². The molecule has 2 amide bonds. The van der Waals surface area contributed by atoms with Crippen LogP contribution in [-0.4, -0.2) is 36.3 Å². The predicted octanol–water partition coefficient (Wildman–Crippen LogP) is 5.21. The fourth-order valence-corrected chi connectivity index (χ4v) is 4.23. The molecule has 0 aliphatic carbocycles. The standard InChI is InChI=1S/C23H27Cl2N3O2/c1-14-10-15(2)22(16(3)11-14)27-23(30)17-6-8-28(9-7-17)13-21(29)26-18-4-5-19(24)20(25)12-18/h4-5,10-12,17H,6-9,13H2,1-3H3,(H,26,29)(H,27,30). The molecule has 0 aromatic heterocycles. The van der Waals surface area contributed by atoms with Crippen LogP contribution in [0.5, 0.6) is 0 Å². The van der Waals surface area contributed by atoms with E-state index in [9.17, 15) is 9.59 Å². The van der Waals surface area contributed by atoms with Crippen LogP contribution in [0.1, 0.15) is 29.5 Å². The van der Waals surface area contributed by atoms with Crippen LogP contribution in [0.2, 0.25) is 10.0 Å². The highest BCUT2D eigenvalue weighted by atomic mass is 35.5. The zero-order valence-corrected chi connectivity index (χ0v) is 19.0. The third kappa shape index (κ3) is 5.75. The summed E-state index contributed by atoms with van der Waals surface area (Å²) < 4.78 is 0. The topological polar surface area (TPSA) is 61.4 Å². The van der Waals surface area contributed by atoms with E-state index in [0.717, 1.165) is 29.7 Å². The van der Waals surface area contributed by atoms with Gasteiger partial charge in [0, 0.05) is 17.3 Å². The van der Waals surface area contributed by atoms with Gasteiger partial charge in [-0.15, -0.1) is 0 Å². The Balaban J connectivity index is 1.49. The van der Waals surface area contributed by atoms with E-state index in [1.807, 2.05) is 13.8 Å². The number of piperidine rings is 1. The highest BCUT2D eigenvalue weighted by Crippen LogP contribution is 2.26. The highest BCUT2D eigenvalue weighted by Gasteiger charge is 2.26. The molecule has 1 fully saturated rings. The lowest BCUT2D eigenvalue weighted by atomic mass is 9.95. The van der Waals surface area contributed by atoms with Crippen molar-refractivity contribution >= 4 is 46.4 Å². The lowest BCUT2D eigenvalue weighted by molar-refractivity contribution is -0.121. The number of hydrogen-bond acceptors (Lipinski definition) is 3. The van der Waals surface area contributed by atoms with E-state index >= 15 is 0 Å². The minimum Gasteiger partial charge on any atom is -0.325 e. The van der Waals surface area contributed by atoms with Crippen LogP contribution in [0.25, 0.3) is 0 Å². The Hall–Kier alpha value is -2.08. The molecule has 5 nitrogen and oxygen atoms in total. The summed E-state index contributed by atoms with van der Waals surface area (Å²) in [4.78, 5) is 27.2. The number of rotatable bonds is 5. The number of carbonyl (C=O) groups is 2. The Labute approximate surface area is 187 Å². The molecule has 160 valence electrons. The van der Waals surface area contributed by atoms with Crippen molar-refractivity contribution in [2.24, 2.45) is 5.92 Å². The molecule has 0 unspecified atom stereocenters. The Kier molecular flexibility index (Phi) is 7.40. The fourth-order valence-electron chi connectivity index (χ4n) is 3.93. The van der Waals surface area contributed by atoms with Crippen LogP contribution in [0.4, 0.5) is 11.4 Å². The van der Waals surface area contributed by atoms with Crippen molar-refractivity contribution in [2.45, 2.75) is 33.6 Å². The first-order valence-corrected chi connectivity index (χ1v) is 10.8. The van der Waals surface area contributed by atoms with Gasteiger partial charge >= 0.3 is 0 Å². The average Bonchev–Trinajstić information content (AvgIpc) is 2.68. The lowest BCUT2D eigenvalue weighted by Crippen LogP contribution is -2.41. The molecule has 0 bridgehead atoms. The molecule has 3 rings (SSSR count). The number of carbonyl (C=O) groups excluding carboxylic acids is 2. The van der Waals surface area contributed by atoms with Crippen molar-refractivity contribution in [2.75, 3.05) is 30.3 Å². The maximum Gasteiger partial charge on any atom is 0.238 e. The van der Waals surface area contributed by atoms with E-state index in [1.54, 1.807) is 18.2 Å². The van der Waals surface area contributed by atoms with Gasteiger partial charge in [-0.25, -0.2) is 0 Å². The SMILES string of the molecule is Cc1cc(C)c(NC(=O)C2CCN(CC(=O)Nc3ccc(Cl)c(Cl)c3)CC2)c(C)c1. The predicted molar refractivity (Wildman–Crippen MR) is 124 cm³/mol. The number of likely N-dealkylation sites (tertiary alicyclic amines) is 1. The number of benzene rings is 2. The molecule has 1 aliphatic rings. The summed E-state index contributed by atoms with van der Waals surface area (Å²) in [5.74, 6) is -0.0911. The molecule has 7 heteroatoms. The molecule has 1 aliphatic heterocycles. The molecule has 2 N–H and O–H groups in total. The molecule has 2 aromatic carbocycles. The van der Waals surface area contributed by atoms with E-state index in [-0.39, 0.29) is 24.3 Å². The second kappa shape index (κ2) is 9.82. The van der Waals surface area contributed by atoms with E-state index in [4.69, 9.17) is 23.2 Å². The summed E-state index contributed by atoms with van der Waals surface area (Å²) in [7, 11) is 0. The summed E-state index contributed by atoms with van der Waals surface area (Å²) in [5.41, 5.74) is 4.88. The van der Waals surface area contributed by atoms with Crippen LogP contribution >= 0.6 is 23.2 Å². The molecule has 0 atom stereocenters. The summed E-state index contributed by atoms with van der Waals surface area (Å²) in [6.45, 7) is 7.79. The Bertz CT molecular complexity index is 930.